The second kappa shape index (κ2) is 9.95. The van der Waals surface area contributed by atoms with Crippen molar-refractivity contribution >= 4 is 29.9 Å². The molecule has 2 aromatic heterocycles. The van der Waals surface area contributed by atoms with Gasteiger partial charge in [-0.05, 0) is 30.2 Å². The summed E-state index contributed by atoms with van der Waals surface area (Å²) in [4.78, 5) is 8.83. The Labute approximate surface area is 170 Å². The van der Waals surface area contributed by atoms with Crippen LogP contribution in [0.4, 0.5) is 0 Å². The van der Waals surface area contributed by atoms with Crippen molar-refractivity contribution in [3.05, 3.63) is 60.2 Å². The number of hydrogen-bond donors (Lipinski definition) is 3. The SMILES string of the molecule is CCNC(=NCc1ccn(C)c1)NCc1cccc(-c2ncn[nH]2)c1.I. The molecule has 0 spiro atoms. The summed E-state index contributed by atoms with van der Waals surface area (Å²) < 4.78 is 2.03. The zero-order valence-electron chi connectivity index (χ0n) is 14.9. The second-order valence-electron chi connectivity index (χ2n) is 5.77. The lowest BCUT2D eigenvalue weighted by atomic mass is 10.1. The molecule has 0 unspecified atom stereocenters. The monoisotopic (exact) mass is 465 g/mol. The summed E-state index contributed by atoms with van der Waals surface area (Å²) in [6.45, 7) is 4.21. The predicted molar refractivity (Wildman–Crippen MR) is 114 cm³/mol. The van der Waals surface area contributed by atoms with Crippen LogP contribution < -0.4 is 10.6 Å². The number of aromatic amines is 1. The number of H-pyrrole nitrogens is 1. The molecule has 26 heavy (non-hydrogen) atoms. The molecule has 0 amide bonds. The number of nitrogens with one attached hydrogen (secondary N) is 3. The van der Waals surface area contributed by atoms with E-state index in [4.69, 9.17) is 0 Å². The van der Waals surface area contributed by atoms with E-state index in [2.05, 4.69) is 62.1 Å². The van der Waals surface area contributed by atoms with Crippen molar-refractivity contribution in [2.24, 2.45) is 12.0 Å². The molecule has 0 aliphatic rings. The molecule has 0 aliphatic heterocycles. The number of rotatable bonds is 6. The van der Waals surface area contributed by atoms with E-state index in [-0.39, 0.29) is 24.0 Å². The molecule has 3 N–H and O–H groups in total. The number of nitrogens with zero attached hydrogens (tertiary/aromatic N) is 4. The van der Waals surface area contributed by atoms with Gasteiger partial charge in [-0.25, -0.2) is 9.98 Å². The first-order valence-electron chi connectivity index (χ1n) is 8.32. The fraction of sp³-hybridized carbons (Fsp3) is 0.278. The first-order chi connectivity index (χ1) is 12.2. The van der Waals surface area contributed by atoms with E-state index in [9.17, 15) is 0 Å². The minimum absolute atomic E-state index is 0. The highest BCUT2D eigenvalue weighted by Crippen LogP contribution is 2.15. The maximum atomic E-state index is 4.64. The third kappa shape index (κ3) is 5.58. The summed E-state index contributed by atoms with van der Waals surface area (Å²) in [6, 6.07) is 10.3. The minimum atomic E-state index is 0. The second-order valence-corrected chi connectivity index (χ2v) is 5.77. The van der Waals surface area contributed by atoms with Crippen molar-refractivity contribution in [1.82, 2.24) is 30.4 Å². The van der Waals surface area contributed by atoms with Gasteiger partial charge in [0, 0.05) is 38.1 Å². The number of aliphatic imine (C=N–C) groups is 1. The molecule has 0 bridgehead atoms. The first-order valence-corrected chi connectivity index (χ1v) is 8.32. The molecule has 138 valence electrons. The topological polar surface area (TPSA) is 82.9 Å². The van der Waals surface area contributed by atoms with Crippen molar-refractivity contribution in [3.63, 3.8) is 0 Å². The van der Waals surface area contributed by atoms with Crippen molar-refractivity contribution < 1.29 is 0 Å². The van der Waals surface area contributed by atoms with Crippen LogP contribution in [0, 0.1) is 0 Å². The number of aromatic nitrogens is 4. The van der Waals surface area contributed by atoms with Gasteiger partial charge in [-0.2, -0.15) is 5.10 Å². The van der Waals surface area contributed by atoms with Gasteiger partial charge in [-0.1, -0.05) is 18.2 Å². The van der Waals surface area contributed by atoms with E-state index in [1.54, 1.807) is 0 Å². The van der Waals surface area contributed by atoms with Crippen LogP contribution in [0.2, 0.25) is 0 Å². The molecule has 8 heteroatoms. The van der Waals surface area contributed by atoms with Gasteiger partial charge >= 0.3 is 0 Å². The van der Waals surface area contributed by atoms with Crippen LogP contribution in [-0.2, 0) is 20.1 Å². The number of hydrogen-bond acceptors (Lipinski definition) is 3. The molecule has 0 atom stereocenters. The summed E-state index contributed by atoms with van der Waals surface area (Å²) >= 11 is 0. The predicted octanol–water partition coefficient (Wildman–Crippen LogP) is 2.68. The average molecular weight is 465 g/mol. The molecular weight excluding hydrogens is 441 g/mol. The third-order valence-corrected chi connectivity index (χ3v) is 3.73. The normalized spacial score (nSPS) is 11.1. The van der Waals surface area contributed by atoms with Crippen LogP contribution in [0.25, 0.3) is 11.4 Å². The maximum Gasteiger partial charge on any atom is 0.191 e. The Morgan fingerprint density at radius 3 is 2.81 bits per heavy atom. The van der Waals surface area contributed by atoms with E-state index in [0.29, 0.717) is 13.1 Å². The smallest absolute Gasteiger partial charge is 0.191 e. The highest BCUT2D eigenvalue weighted by atomic mass is 127. The molecule has 0 radical (unpaired) electrons. The van der Waals surface area contributed by atoms with Crippen molar-refractivity contribution in [3.8, 4) is 11.4 Å². The molecule has 0 saturated heterocycles. The number of guanidine groups is 1. The van der Waals surface area contributed by atoms with Crippen LogP contribution in [0.15, 0.2) is 54.0 Å². The minimum Gasteiger partial charge on any atom is -0.357 e. The van der Waals surface area contributed by atoms with Crippen LogP contribution in [0.5, 0.6) is 0 Å². The fourth-order valence-corrected chi connectivity index (χ4v) is 2.53. The van der Waals surface area contributed by atoms with E-state index in [0.717, 1.165) is 29.5 Å². The maximum absolute atomic E-state index is 4.64. The Kier molecular flexibility index (Phi) is 7.64. The summed E-state index contributed by atoms with van der Waals surface area (Å²) in [6.07, 6.45) is 5.62. The van der Waals surface area contributed by atoms with E-state index < -0.39 is 0 Å². The standard InChI is InChI=1S/C18H23N7.HI/c1-3-19-18(21-11-15-7-8-25(2)12-15)20-10-14-5-4-6-16(9-14)17-22-13-23-24-17;/h4-9,12-13H,3,10-11H2,1-2H3,(H2,19,20,21)(H,22,23,24);1H. The Bertz CT molecular complexity index is 824. The highest BCUT2D eigenvalue weighted by Gasteiger charge is 2.03. The molecule has 3 rings (SSSR count). The highest BCUT2D eigenvalue weighted by molar-refractivity contribution is 14.0. The van der Waals surface area contributed by atoms with Gasteiger partial charge in [0.05, 0.1) is 6.54 Å². The van der Waals surface area contributed by atoms with Crippen molar-refractivity contribution in [2.45, 2.75) is 20.0 Å². The lowest BCUT2D eigenvalue weighted by Crippen LogP contribution is -2.36. The zero-order chi connectivity index (χ0) is 17.5. The summed E-state index contributed by atoms with van der Waals surface area (Å²) in [7, 11) is 2.01. The molecule has 7 nitrogen and oxygen atoms in total. The van der Waals surface area contributed by atoms with Gasteiger partial charge in [0.25, 0.3) is 0 Å². The van der Waals surface area contributed by atoms with Gasteiger partial charge in [0.15, 0.2) is 11.8 Å². The summed E-state index contributed by atoms with van der Waals surface area (Å²) in [5.41, 5.74) is 3.36. The molecule has 0 saturated carbocycles. The largest absolute Gasteiger partial charge is 0.357 e. The fourth-order valence-electron chi connectivity index (χ4n) is 2.53. The van der Waals surface area contributed by atoms with Crippen LogP contribution in [-0.4, -0.2) is 32.3 Å². The number of benzene rings is 1. The van der Waals surface area contributed by atoms with Crippen LogP contribution in [0.3, 0.4) is 0 Å². The third-order valence-electron chi connectivity index (χ3n) is 3.73. The quantitative estimate of drug-likeness (QED) is 0.297. The zero-order valence-corrected chi connectivity index (χ0v) is 17.3. The lowest BCUT2D eigenvalue weighted by Gasteiger charge is -2.11. The molecule has 0 aliphatic carbocycles. The molecule has 0 fully saturated rings. The van der Waals surface area contributed by atoms with Crippen LogP contribution >= 0.6 is 24.0 Å². The number of halogens is 1. The van der Waals surface area contributed by atoms with E-state index >= 15 is 0 Å². The van der Waals surface area contributed by atoms with E-state index in [1.807, 2.05) is 29.9 Å². The van der Waals surface area contributed by atoms with Gasteiger partial charge in [0.1, 0.15) is 6.33 Å². The van der Waals surface area contributed by atoms with Crippen LogP contribution in [0.1, 0.15) is 18.1 Å². The van der Waals surface area contributed by atoms with E-state index in [1.165, 1.54) is 11.9 Å². The van der Waals surface area contributed by atoms with Crippen molar-refractivity contribution in [2.75, 3.05) is 6.54 Å². The Balaban J connectivity index is 0.00000243. The average Bonchev–Trinajstić information content (AvgIpc) is 3.29. The molecular formula is C18H24IN7. The molecule has 2 heterocycles. The Hall–Kier alpha value is -2.36. The van der Waals surface area contributed by atoms with Gasteiger partial charge < -0.3 is 15.2 Å². The van der Waals surface area contributed by atoms with Gasteiger partial charge in [-0.15, -0.1) is 24.0 Å². The van der Waals surface area contributed by atoms with Crippen molar-refractivity contribution in [1.29, 1.82) is 0 Å². The van der Waals surface area contributed by atoms with Gasteiger partial charge in [0.2, 0.25) is 0 Å². The Morgan fingerprint density at radius 1 is 1.23 bits per heavy atom. The number of aryl methyl sites for hydroxylation is 1. The summed E-state index contributed by atoms with van der Waals surface area (Å²) in [5.74, 6) is 1.57. The van der Waals surface area contributed by atoms with Gasteiger partial charge in [-0.3, -0.25) is 5.10 Å². The molecule has 1 aromatic carbocycles. The Morgan fingerprint density at radius 2 is 2.12 bits per heavy atom. The first kappa shape index (κ1) is 20.0. The lowest BCUT2D eigenvalue weighted by molar-refractivity contribution is 0.815. The summed E-state index contributed by atoms with van der Waals surface area (Å²) in [5, 5.41) is 13.4. The molecule has 3 aromatic rings.